The predicted octanol–water partition coefficient (Wildman–Crippen LogP) is 3.27. The minimum Gasteiger partial charge on any atom is -0.497 e. The minimum atomic E-state index is -0.482. The van der Waals surface area contributed by atoms with Gasteiger partial charge in [-0.2, -0.15) is 4.98 Å². The second-order valence-corrected chi connectivity index (χ2v) is 6.49. The monoisotopic (exact) mass is 408 g/mol. The number of nitrogen functional groups attached to an aromatic ring is 1. The molecule has 0 unspecified atom stereocenters. The zero-order chi connectivity index (χ0) is 21.1. The van der Waals surface area contributed by atoms with E-state index >= 15 is 0 Å². The summed E-state index contributed by atoms with van der Waals surface area (Å²) in [6, 6.07) is 14.0. The summed E-state index contributed by atoms with van der Waals surface area (Å²) in [6.45, 7) is 0.954. The average molecular weight is 408 g/mol. The second kappa shape index (κ2) is 8.34. The summed E-state index contributed by atoms with van der Waals surface area (Å²) in [5.41, 5.74) is 8.17. The van der Waals surface area contributed by atoms with Gasteiger partial charge in [0, 0.05) is 25.3 Å². The molecular formula is C21H21FN6O2. The lowest BCUT2D eigenvalue weighted by molar-refractivity contribution is 0.210. The number of nitrogens with zero attached hydrogens (tertiary/aromatic N) is 4. The molecule has 0 fully saturated rings. The number of hydrogen-bond acceptors (Lipinski definition) is 7. The Bertz CT molecular complexity index is 1180. The predicted molar refractivity (Wildman–Crippen MR) is 113 cm³/mol. The van der Waals surface area contributed by atoms with E-state index in [0.29, 0.717) is 47.4 Å². The summed E-state index contributed by atoms with van der Waals surface area (Å²) in [5.74, 6) is 0.560. The third kappa shape index (κ3) is 3.62. The first-order valence-corrected chi connectivity index (χ1v) is 9.30. The van der Waals surface area contributed by atoms with Crippen LogP contribution in [-0.4, -0.2) is 47.1 Å². The van der Waals surface area contributed by atoms with Crippen molar-refractivity contribution in [3.8, 4) is 22.7 Å². The van der Waals surface area contributed by atoms with Crippen molar-refractivity contribution in [2.45, 2.75) is 0 Å². The fraction of sp³-hybridized carbons (Fsp3) is 0.190. The van der Waals surface area contributed by atoms with E-state index in [2.05, 4.69) is 20.4 Å². The Kier molecular flexibility index (Phi) is 5.44. The number of benzene rings is 2. The van der Waals surface area contributed by atoms with Crippen molar-refractivity contribution >= 4 is 22.8 Å². The number of rotatable bonds is 7. The quantitative estimate of drug-likeness (QED) is 0.453. The number of methoxy groups -OCH3 is 2. The van der Waals surface area contributed by atoms with E-state index in [9.17, 15) is 4.39 Å². The van der Waals surface area contributed by atoms with Crippen LogP contribution in [0.1, 0.15) is 0 Å². The van der Waals surface area contributed by atoms with Gasteiger partial charge in [-0.3, -0.25) is 0 Å². The molecule has 0 radical (unpaired) electrons. The molecule has 0 saturated heterocycles. The summed E-state index contributed by atoms with van der Waals surface area (Å²) in [4.78, 5) is 9.00. The smallest absolute Gasteiger partial charge is 0.225 e. The van der Waals surface area contributed by atoms with Gasteiger partial charge in [-0.05, 0) is 24.3 Å². The Labute approximate surface area is 172 Å². The highest BCUT2D eigenvalue weighted by Crippen LogP contribution is 2.35. The maximum atomic E-state index is 14.9. The van der Waals surface area contributed by atoms with Crippen molar-refractivity contribution in [1.82, 2.24) is 19.7 Å². The van der Waals surface area contributed by atoms with Crippen LogP contribution in [0.25, 0.3) is 28.0 Å². The number of nitrogens with two attached hydrogens (primary N) is 1. The van der Waals surface area contributed by atoms with Crippen molar-refractivity contribution < 1.29 is 13.9 Å². The molecule has 0 aliphatic rings. The molecular weight excluding hydrogens is 387 g/mol. The van der Waals surface area contributed by atoms with Gasteiger partial charge >= 0.3 is 0 Å². The van der Waals surface area contributed by atoms with E-state index in [1.54, 1.807) is 23.9 Å². The minimum absolute atomic E-state index is 0.275. The molecule has 0 spiro atoms. The molecule has 4 aromatic rings. The lowest BCUT2D eigenvalue weighted by atomic mass is 10.1. The molecule has 0 bridgehead atoms. The van der Waals surface area contributed by atoms with Crippen LogP contribution in [0.3, 0.4) is 0 Å². The Balaban J connectivity index is 1.93. The summed E-state index contributed by atoms with van der Waals surface area (Å²) in [7, 11) is 3.09. The largest absolute Gasteiger partial charge is 0.497 e. The Morgan fingerprint density at radius 1 is 1.10 bits per heavy atom. The maximum absolute atomic E-state index is 14.9. The highest BCUT2D eigenvalue weighted by molar-refractivity contribution is 5.99. The molecule has 0 aliphatic carbocycles. The molecule has 3 N–H and O–H groups in total. The number of anilines is 2. The number of hydrogen-bond donors (Lipinski definition) is 2. The van der Waals surface area contributed by atoms with Crippen molar-refractivity contribution in [2.75, 3.05) is 38.4 Å². The van der Waals surface area contributed by atoms with Gasteiger partial charge < -0.3 is 20.5 Å². The molecule has 2 heterocycles. The van der Waals surface area contributed by atoms with Gasteiger partial charge in [0.2, 0.25) is 5.95 Å². The van der Waals surface area contributed by atoms with Crippen molar-refractivity contribution in [1.29, 1.82) is 0 Å². The average Bonchev–Trinajstić information content (AvgIpc) is 3.10. The first-order valence-electron chi connectivity index (χ1n) is 9.30. The van der Waals surface area contributed by atoms with Crippen LogP contribution in [0.4, 0.5) is 16.2 Å². The number of para-hydroxylation sites is 1. The van der Waals surface area contributed by atoms with E-state index in [0.717, 1.165) is 5.69 Å². The van der Waals surface area contributed by atoms with E-state index in [-0.39, 0.29) is 5.56 Å². The SMILES string of the molecule is COCCNc1nc(-c2ccc(OC)cc2F)c2c(N)n(-c3ccccc3)nc2n1. The molecule has 2 aromatic carbocycles. The fourth-order valence-electron chi connectivity index (χ4n) is 3.13. The Morgan fingerprint density at radius 2 is 1.90 bits per heavy atom. The highest BCUT2D eigenvalue weighted by Gasteiger charge is 2.21. The number of halogens is 1. The van der Waals surface area contributed by atoms with Crippen molar-refractivity contribution in [3.63, 3.8) is 0 Å². The third-order valence-electron chi connectivity index (χ3n) is 4.59. The summed E-state index contributed by atoms with van der Waals surface area (Å²) in [6.07, 6.45) is 0. The van der Waals surface area contributed by atoms with Gasteiger partial charge in [-0.25, -0.2) is 14.1 Å². The van der Waals surface area contributed by atoms with E-state index in [1.807, 2.05) is 30.3 Å². The second-order valence-electron chi connectivity index (χ2n) is 6.49. The zero-order valence-corrected chi connectivity index (χ0v) is 16.6. The van der Waals surface area contributed by atoms with Gasteiger partial charge in [0.05, 0.1) is 30.5 Å². The Morgan fingerprint density at radius 3 is 2.60 bits per heavy atom. The van der Waals surface area contributed by atoms with Crippen LogP contribution in [0.15, 0.2) is 48.5 Å². The number of nitrogens with one attached hydrogen (secondary N) is 1. The summed E-state index contributed by atoms with van der Waals surface area (Å²) >= 11 is 0. The zero-order valence-electron chi connectivity index (χ0n) is 16.6. The first kappa shape index (κ1) is 19.6. The number of fused-ring (bicyclic) bond motifs is 1. The van der Waals surface area contributed by atoms with Crippen LogP contribution in [-0.2, 0) is 4.74 Å². The van der Waals surface area contributed by atoms with E-state index in [4.69, 9.17) is 15.2 Å². The molecule has 8 nitrogen and oxygen atoms in total. The molecule has 0 amide bonds. The first-order chi connectivity index (χ1) is 14.6. The van der Waals surface area contributed by atoms with E-state index in [1.165, 1.54) is 13.2 Å². The van der Waals surface area contributed by atoms with Crippen LogP contribution >= 0.6 is 0 Å². The maximum Gasteiger partial charge on any atom is 0.225 e. The molecule has 9 heteroatoms. The van der Waals surface area contributed by atoms with Crippen molar-refractivity contribution in [3.05, 3.63) is 54.3 Å². The van der Waals surface area contributed by atoms with Gasteiger partial charge in [0.25, 0.3) is 0 Å². The third-order valence-corrected chi connectivity index (χ3v) is 4.59. The molecule has 0 saturated carbocycles. The van der Waals surface area contributed by atoms with Gasteiger partial charge in [0.1, 0.15) is 17.4 Å². The summed E-state index contributed by atoms with van der Waals surface area (Å²) < 4.78 is 26.6. The van der Waals surface area contributed by atoms with Gasteiger partial charge in [0.15, 0.2) is 5.65 Å². The topological polar surface area (TPSA) is 100 Å². The van der Waals surface area contributed by atoms with Crippen LogP contribution in [0.2, 0.25) is 0 Å². The molecule has 0 atom stereocenters. The van der Waals surface area contributed by atoms with Gasteiger partial charge in [-0.1, -0.05) is 18.2 Å². The van der Waals surface area contributed by atoms with Gasteiger partial charge in [-0.15, -0.1) is 5.10 Å². The molecule has 4 rings (SSSR count). The normalized spacial score (nSPS) is 11.0. The Hall–Kier alpha value is -3.72. The molecule has 154 valence electrons. The molecule has 2 aromatic heterocycles. The standard InChI is InChI=1S/C21H21FN6O2/c1-29-11-10-24-21-25-18(15-9-8-14(30-2)12-16(15)22)17-19(23)28(27-20(17)26-21)13-6-4-3-5-7-13/h3-9,12H,10-11,23H2,1-2H3,(H,24,26,27). The van der Waals surface area contributed by atoms with Crippen LogP contribution in [0, 0.1) is 5.82 Å². The number of aromatic nitrogens is 4. The summed E-state index contributed by atoms with van der Waals surface area (Å²) in [5, 5.41) is 8.09. The highest BCUT2D eigenvalue weighted by atomic mass is 19.1. The van der Waals surface area contributed by atoms with E-state index < -0.39 is 5.82 Å². The lowest BCUT2D eigenvalue weighted by Crippen LogP contribution is -2.11. The molecule has 30 heavy (non-hydrogen) atoms. The van der Waals surface area contributed by atoms with Crippen LogP contribution in [0.5, 0.6) is 5.75 Å². The number of ether oxygens (including phenoxy) is 2. The fourth-order valence-corrected chi connectivity index (χ4v) is 3.13. The lowest BCUT2D eigenvalue weighted by Gasteiger charge is -2.10. The molecule has 0 aliphatic heterocycles. The van der Waals surface area contributed by atoms with Crippen LogP contribution < -0.4 is 15.8 Å². The van der Waals surface area contributed by atoms with Crippen molar-refractivity contribution in [2.24, 2.45) is 0 Å².